The van der Waals surface area contributed by atoms with E-state index in [0.717, 1.165) is 6.07 Å². The SMILES string of the molecule is Cc1cnc(C(C)Nc2ccc([N+](=O)[O-])c(C(=O)O)c2)o1. The third-order valence-corrected chi connectivity index (χ3v) is 2.82. The summed E-state index contributed by atoms with van der Waals surface area (Å²) in [5.74, 6) is -0.249. The number of anilines is 1. The van der Waals surface area contributed by atoms with E-state index in [-0.39, 0.29) is 11.6 Å². The van der Waals surface area contributed by atoms with Crippen LogP contribution in [0.25, 0.3) is 0 Å². The van der Waals surface area contributed by atoms with Crippen LogP contribution in [0.15, 0.2) is 28.8 Å². The van der Waals surface area contributed by atoms with E-state index < -0.39 is 16.6 Å². The third-order valence-electron chi connectivity index (χ3n) is 2.82. The Morgan fingerprint density at radius 2 is 2.24 bits per heavy atom. The van der Waals surface area contributed by atoms with Gasteiger partial charge in [-0.05, 0) is 26.0 Å². The molecule has 0 aliphatic carbocycles. The smallest absolute Gasteiger partial charge is 0.342 e. The molecule has 0 amide bonds. The summed E-state index contributed by atoms with van der Waals surface area (Å²) in [4.78, 5) is 25.2. The molecule has 0 fully saturated rings. The monoisotopic (exact) mass is 291 g/mol. The van der Waals surface area contributed by atoms with Gasteiger partial charge < -0.3 is 14.8 Å². The summed E-state index contributed by atoms with van der Waals surface area (Å²) in [5.41, 5.74) is -0.394. The lowest BCUT2D eigenvalue weighted by Crippen LogP contribution is -2.09. The van der Waals surface area contributed by atoms with Gasteiger partial charge in [0.25, 0.3) is 5.69 Å². The molecule has 0 saturated heterocycles. The van der Waals surface area contributed by atoms with Gasteiger partial charge in [-0.15, -0.1) is 0 Å². The zero-order chi connectivity index (χ0) is 15.6. The van der Waals surface area contributed by atoms with Gasteiger partial charge in [0.1, 0.15) is 17.4 Å². The Kier molecular flexibility index (Phi) is 3.88. The van der Waals surface area contributed by atoms with Crippen molar-refractivity contribution in [3.8, 4) is 0 Å². The Hall–Kier alpha value is -2.90. The van der Waals surface area contributed by atoms with Crippen molar-refractivity contribution < 1.29 is 19.2 Å². The molecule has 1 aromatic carbocycles. The lowest BCUT2D eigenvalue weighted by Gasteiger charge is -2.12. The second kappa shape index (κ2) is 5.61. The first-order valence-electron chi connectivity index (χ1n) is 6.09. The number of nitrogens with one attached hydrogen (secondary N) is 1. The molecule has 0 saturated carbocycles. The fraction of sp³-hybridized carbons (Fsp3) is 0.231. The van der Waals surface area contributed by atoms with E-state index in [1.54, 1.807) is 20.0 Å². The summed E-state index contributed by atoms with van der Waals surface area (Å²) in [6.45, 7) is 3.55. The third kappa shape index (κ3) is 3.16. The number of aromatic nitrogens is 1. The number of hydrogen-bond donors (Lipinski definition) is 2. The molecule has 2 N–H and O–H groups in total. The predicted molar refractivity (Wildman–Crippen MR) is 73.3 cm³/mol. The van der Waals surface area contributed by atoms with Crippen LogP contribution in [0.1, 0.15) is 35.0 Å². The van der Waals surface area contributed by atoms with Gasteiger partial charge >= 0.3 is 5.97 Å². The van der Waals surface area contributed by atoms with Gasteiger partial charge in [0, 0.05) is 11.8 Å². The molecular formula is C13H13N3O5. The summed E-state index contributed by atoms with van der Waals surface area (Å²) in [6.07, 6.45) is 1.58. The van der Waals surface area contributed by atoms with Gasteiger partial charge in [-0.3, -0.25) is 10.1 Å². The molecular weight excluding hydrogens is 278 g/mol. The highest BCUT2D eigenvalue weighted by atomic mass is 16.6. The molecule has 8 heteroatoms. The number of aromatic carboxylic acids is 1. The van der Waals surface area contributed by atoms with Crippen molar-refractivity contribution in [3.63, 3.8) is 0 Å². The highest BCUT2D eigenvalue weighted by molar-refractivity contribution is 5.93. The number of nitro groups is 1. The van der Waals surface area contributed by atoms with Crippen molar-refractivity contribution in [2.75, 3.05) is 5.32 Å². The lowest BCUT2D eigenvalue weighted by molar-refractivity contribution is -0.385. The van der Waals surface area contributed by atoms with E-state index in [2.05, 4.69) is 10.3 Å². The van der Waals surface area contributed by atoms with Gasteiger partial charge in [0.05, 0.1) is 11.1 Å². The van der Waals surface area contributed by atoms with E-state index in [1.807, 2.05) is 0 Å². The second-order valence-corrected chi connectivity index (χ2v) is 4.47. The molecule has 110 valence electrons. The number of nitrogens with zero attached hydrogens (tertiary/aromatic N) is 2. The van der Waals surface area contributed by atoms with Crippen LogP contribution < -0.4 is 5.32 Å². The minimum Gasteiger partial charge on any atom is -0.477 e. The number of carboxylic acid groups (broad SMARTS) is 1. The van der Waals surface area contributed by atoms with Gasteiger partial charge in [-0.25, -0.2) is 9.78 Å². The van der Waals surface area contributed by atoms with Gasteiger partial charge in [-0.1, -0.05) is 0 Å². The van der Waals surface area contributed by atoms with Crippen LogP contribution in [0.2, 0.25) is 0 Å². The second-order valence-electron chi connectivity index (χ2n) is 4.47. The van der Waals surface area contributed by atoms with E-state index in [0.29, 0.717) is 17.3 Å². The van der Waals surface area contributed by atoms with Gasteiger partial charge in [0.15, 0.2) is 0 Å². The van der Waals surface area contributed by atoms with Crippen LogP contribution in [0.5, 0.6) is 0 Å². The van der Waals surface area contributed by atoms with E-state index in [9.17, 15) is 14.9 Å². The number of carboxylic acids is 1. The zero-order valence-corrected chi connectivity index (χ0v) is 11.4. The maximum absolute atomic E-state index is 11.1. The molecule has 2 aromatic rings. The van der Waals surface area contributed by atoms with Crippen molar-refractivity contribution in [3.05, 3.63) is 51.7 Å². The number of carbonyl (C=O) groups is 1. The number of oxazole rings is 1. The van der Waals surface area contributed by atoms with Crippen molar-refractivity contribution in [1.82, 2.24) is 4.98 Å². The minimum atomic E-state index is -1.36. The van der Waals surface area contributed by atoms with Crippen LogP contribution in [0, 0.1) is 17.0 Å². The lowest BCUT2D eigenvalue weighted by atomic mass is 10.1. The van der Waals surface area contributed by atoms with Crippen LogP contribution >= 0.6 is 0 Å². The topological polar surface area (TPSA) is 118 Å². The fourth-order valence-electron chi connectivity index (χ4n) is 1.84. The highest BCUT2D eigenvalue weighted by Gasteiger charge is 2.21. The predicted octanol–water partition coefficient (Wildman–Crippen LogP) is 2.76. The van der Waals surface area contributed by atoms with Crippen molar-refractivity contribution in [2.45, 2.75) is 19.9 Å². The van der Waals surface area contributed by atoms with Crippen molar-refractivity contribution >= 4 is 17.3 Å². The molecule has 21 heavy (non-hydrogen) atoms. The Morgan fingerprint density at radius 1 is 1.52 bits per heavy atom. The number of aryl methyl sites for hydroxylation is 1. The first-order valence-corrected chi connectivity index (χ1v) is 6.09. The number of rotatable bonds is 5. The van der Waals surface area contributed by atoms with Crippen molar-refractivity contribution in [2.24, 2.45) is 0 Å². The summed E-state index contributed by atoms with van der Waals surface area (Å²) < 4.78 is 5.36. The average Bonchev–Trinajstić information content (AvgIpc) is 2.85. The van der Waals surface area contributed by atoms with Crippen LogP contribution in [-0.4, -0.2) is 21.0 Å². The maximum atomic E-state index is 11.1. The zero-order valence-electron chi connectivity index (χ0n) is 11.4. The maximum Gasteiger partial charge on any atom is 0.342 e. The average molecular weight is 291 g/mol. The van der Waals surface area contributed by atoms with Crippen LogP contribution in [-0.2, 0) is 0 Å². The first kappa shape index (κ1) is 14.5. The van der Waals surface area contributed by atoms with E-state index >= 15 is 0 Å². The molecule has 2 rings (SSSR count). The Morgan fingerprint density at radius 3 is 2.76 bits per heavy atom. The van der Waals surface area contributed by atoms with Crippen LogP contribution in [0.3, 0.4) is 0 Å². The Bertz CT molecular complexity index is 695. The summed E-state index contributed by atoms with van der Waals surface area (Å²) in [6, 6.07) is 3.50. The molecule has 0 spiro atoms. The van der Waals surface area contributed by atoms with Crippen molar-refractivity contribution in [1.29, 1.82) is 0 Å². The number of hydrogen-bond acceptors (Lipinski definition) is 6. The molecule has 1 unspecified atom stereocenters. The molecule has 1 heterocycles. The summed E-state index contributed by atoms with van der Waals surface area (Å²) >= 11 is 0. The van der Waals surface area contributed by atoms with Gasteiger partial charge in [-0.2, -0.15) is 0 Å². The highest BCUT2D eigenvalue weighted by Crippen LogP contribution is 2.25. The molecule has 1 aromatic heterocycles. The molecule has 0 radical (unpaired) electrons. The summed E-state index contributed by atoms with van der Waals surface area (Å²) in [5, 5.41) is 22.8. The van der Waals surface area contributed by atoms with Crippen LogP contribution in [0.4, 0.5) is 11.4 Å². The summed E-state index contributed by atoms with van der Waals surface area (Å²) in [7, 11) is 0. The normalized spacial score (nSPS) is 11.9. The van der Waals surface area contributed by atoms with Gasteiger partial charge in [0.2, 0.25) is 5.89 Å². The molecule has 1 atom stereocenters. The fourth-order valence-corrected chi connectivity index (χ4v) is 1.84. The quantitative estimate of drug-likeness (QED) is 0.642. The molecule has 8 nitrogen and oxygen atoms in total. The Labute approximate surface area is 119 Å². The van der Waals surface area contributed by atoms with E-state index in [4.69, 9.17) is 9.52 Å². The molecule has 0 aliphatic heterocycles. The first-order chi connectivity index (χ1) is 9.88. The number of benzene rings is 1. The standard InChI is InChI=1S/C13H13N3O5/c1-7-6-14-12(21-7)8(2)15-9-3-4-11(16(19)20)10(5-9)13(17)18/h3-6,8,15H,1-2H3,(H,17,18). The van der Waals surface area contributed by atoms with E-state index in [1.165, 1.54) is 12.1 Å². The minimum absolute atomic E-state index is 0.304. The molecule has 0 aliphatic rings. The molecule has 0 bridgehead atoms. The number of nitro benzene ring substituents is 1. The largest absolute Gasteiger partial charge is 0.477 e. The Balaban J connectivity index is 2.27.